The number of hydrogen-bond acceptors (Lipinski definition) is 3. The molecule has 144 valence electrons. The topological polar surface area (TPSA) is 46.0 Å². The first-order chi connectivity index (χ1) is 13.4. The second-order valence-electron chi connectivity index (χ2n) is 8.14. The lowest BCUT2D eigenvalue weighted by Crippen LogP contribution is -2.29. The molecule has 0 aliphatic carbocycles. The van der Waals surface area contributed by atoms with Gasteiger partial charge in [0.05, 0.1) is 17.8 Å². The van der Waals surface area contributed by atoms with Crippen LogP contribution in [0, 0.1) is 0 Å². The van der Waals surface area contributed by atoms with E-state index in [1.165, 1.54) is 5.56 Å². The van der Waals surface area contributed by atoms with E-state index in [0.717, 1.165) is 16.4 Å². The monoisotopic (exact) mass is 391 g/mol. The molecule has 0 amide bonds. The molecule has 0 aromatic carbocycles. The zero-order chi connectivity index (χ0) is 19.7. The van der Waals surface area contributed by atoms with E-state index in [1.54, 1.807) is 6.20 Å². The van der Waals surface area contributed by atoms with Crippen LogP contribution in [-0.2, 0) is 12.1 Å². The van der Waals surface area contributed by atoms with Gasteiger partial charge in [0.25, 0.3) is 0 Å². The lowest BCUT2D eigenvalue weighted by molar-refractivity contribution is 0.309. The van der Waals surface area contributed by atoms with Gasteiger partial charge in [-0.15, -0.1) is 0 Å². The molecule has 3 aromatic rings. The van der Waals surface area contributed by atoms with Crippen molar-refractivity contribution in [3.63, 3.8) is 0 Å². The third-order valence-corrected chi connectivity index (χ3v) is 5.46. The summed E-state index contributed by atoms with van der Waals surface area (Å²) in [6.45, 7) is 7.32. The molecule has 1 N–H and O–H groups in total. The van der Waals surface area contributed by atoms with Gasteiger partial charge in [0, 0.05) is 43.1 Å². The maximum absolute atomic E-state index is 5.73. The Morgan fingerprint density at radius 2 is 1.96 bits per heavy atom. The van der Waals surface area contributed by atoms with E-state index in [0.29, 0.717) is 6.54 Å². The molecule has 6 heteroatoms. The molecule has 1 fully saturated rings. The molecule has 3 aromatic heterocycles. The lowest BCUT2D eigenvalue weighted by atomic mass is 9.98. The number of hydrogen-bond donors (Lipinski definition) is 1. The summed E-state index contributed by atoms with van der Waals surface area (Å²) in [6, 6.07) is 12.3. The molecule has 0 unspecified atom stereocenters. The molecule has 5 nitrogen and oxygen atoms in total. The summed E-state index contributed by atoms with van der Waals surface area (Å²) in [5.74, 6) is 0. The van der Waals surface area contributed by atoms with E-state index < -0.39 is 0 Å². The number of rotatable bonds is 4. The Balaban J connectivity index is 1.74. The molecule has 0 spiro atoms. The van der Waals surface area contributed by atoms with E-state index in [9.17, 15) is 0 Å². The van der Waals surface area contributed by atoms with Crippen molar-refractivity contribution in [2.24, 2.45) is 0 Å². The summed E-state index contributed by atoms with van der Waals surface area (Å²) < 4.78 is 2.25. The van der Waals surface area contributed by atoms with Gasteiger partial charge in [-0.3, -0.25) is 9.97 Å². The number of aromatic nitrogens is 3. The first-order valence-electron chi connectivity index (χ1n) is 9.49. The van der Waals surface area contributed by atoms with Crippen LogP contribution in [0.1, 0.15) is 49.7 Å². The fourth-order valence-electron chi connectivity index (χ4n) is 3.63. The molecule has 2 atom stereocenters. The highest BCUT2D eigenvalue weighted by Crippen LogP contribution is 2.40. The minimum Gasteiger partial charge on any atom is -0.352 e. The average Bonchev–Trinajstić information content (AvgIpc) is 3.29. The van der Waals surface area contributed by atoms with Gasteiger partial charge in [-0.05, 0) is 68.4 Å². The van der Waals surface area contributed by atoms with Gasteiger partial charge >= 0.3 is 0 Å². The summed E-state index contributed by atoms with van der Waals surface area (Å²) in [7, 11) is 0. The smallest absolute Gasteiger partial charge is 0.170 e. The Hall–Kier alpha value is -2.73. The third kappa shape index (κ3) is 3.64. The lowest BCUT2D eigenvalue weighted by Gasteiger charge is -2.27. The summed E-state index contributed by atoms with van der Waals surface area (Å²) in [4.78, 5) is 11.1. The molecule has 4 rings (SSSR count). The molecule has 0 bridgehead atoms. The van der Waals surface area contributed by atoms with Crippen molar-refractivity contribution < 1.29 is 0 Å². The first kappa shape index (κ1) is 18.6. The predicted molar refractivity (Wildman–Crippen MR) is 115 cm³/mol. The minimum absolute atomic E-state index is 0.00110. The van der Waals surface area contributed by atoms with Crippen molar-refractivity contribution in [3.05, 3.63) is 84.2 Å². The van der Waals surface area contributed by atoms with Crippen LogP contribution in [0.4, 0.5) is 0 Å². The SMILES string of the molecule is CC(C)(C)n1ccc([C@@H]2[C@H](c3ccccn3)NC(=S)N2Cc2cccnc2)c1. The molecule has 1 saturated heterocycles. The fraction of sp³-hybridized carbons (Fsp3) is 0.318. The largest absolute Gasteiger partial charge is 0.352 e. The van der Waals surface area contributed by atoms with E-state index >= 15 is 0 Å². The zero-order valence-electron chi connectivity index (χ0n) is 16.4. The zero-order valence-corrected chi connectivity index (χ0v) is 17.2. The van der Waals surface area contributed by atoms with Crippen LogP contribution in [0.15, 0.2) is 67.4 Å². The van der Waals surface area contributed by atoms with Crippen molar-refractivity contribution in [2.45, 2.75) is 44.9 Å². The van der Waals surface area contributed by atoms with Crippen LogP contribution in [-0.4, -0.2) is 24.5 Å². The molecule has 1 aliphatic rings. The van der Waals surface area contributed by atoms with Crippen molar-refractivity contribution in [2.75, 3.05) is 0 Å². The molecule has 1 aliphatic heterocycles. The van der Waals surface area contributed by atoms with E-state index in [1.807, 2.05) is 30.6 Å². The van der Waals surface area contributed by atoms with Crippen LogP contribution >= 0.6 is 12.2 Å². The Morgan fingerprint density at radius 3 is 2.61 bits per heavy atom. The van der Waals surface area contributed by atoms with Crippen LogP contribution in [0.25, 0.3) is 0 Å². The number of pyridine rings is 2. The third-order valence-electron chi connectivity index (χ3n) is 5.11. The standard InChI is InChI=1S/C22H25N5S/c1-22(2,3)26-12-9-17(15-26)20-19(18-8-4-5-11-24-18)25-21(28)27(20)14-16-7-6-10-23-13-16/h4-13,15,19-20H,14H2,1-3H3,(H,25,28)/t19-,20+/m0/s1. The van der Waals surface area contributed by atoms with Gasteiger partial charge in [-0.25, -0.2) is 0 Å². The average molecular weight is 392 g/mol. The van der Waals surface area contributed by atoms with Crippen LogP contribution in [0.3, 0.4) is 0 Å². The highest BCUT2D eigenvalue weighted by Gasteiger charge is 2.40. The number of nitrogens with zero attached hydrogens (tertiary/aromatic N) is 4. The van der Waals surface area contributed by atoms with Gasteiger partial charge in [-0.2, -0.15) is 0 Å². The second-order valence-corrected chi connectivity index (χ2v) is 8.53. The Morgan fingerprint density at radius 1 is 1.11 bits per heavy atom. The molecular formula is C22H25N5S. The summed E-state index contributed by atoms with van der Waals surface area (Å²) in [6.07, 6.45) is 9.90. The highest BCUT2D eigenvalue weighted by atomic mass is 32.1. The fourth-order valence-corrected chi connectivity index (χ4v) is 3.94. The van der Waals surface area contributed by atoms with Gasteiger partial charge in [-0.1, -0.05) is 12.1 Å². The van der Waals surface area contributed by atoms with Gasteiger partial charge in [0.2, 0.25) is 0 Å². The Bertz CT molecular complexity index is 946. The summed E-state index contributed by atoms with van der Waals surface area (Å²) in [5, 5.41) is 4.25. The maximum Gasteiger partial charge on any atom is 0.170 e. The Kier molecular flexibility index (Phi) is 4.89. The maximum atomic E-state index is 5.73. The molecule has 0 radical (unpaired) electrons. The first-order valence-corrected chi connectivity index (χ1v) is 9.89. The van der Waals surface area contributed by atoms with Gasteiger partial charge < -0.3 is 14.8 Å². The minimum atomic E-state index is 0.00110. The highest BCUT2D eigenvalue weighted by molar-refractivity contribution is 7.80. The van der Waals surface area contributed by atoms with Gasteiger partial charge in [0.15, 0.2) is 5.11 Å². The van der Waals surface area contributed by atoms with Crippen LogP contribution in [0.5, 0.6) is 0 Å². The molecule has 0 saturated carbocycles. The number of thiocarbonyl (C=S) groups is 1. The van der Waals surface area contributed by atoms with Crippen molar-refractivity contribution in [1.82, 2.24) is 24.8 Å². The van der Waals surface area contributed by atoms with Crippen LogP contribution < -0.4 is 5.32 Å². The summed E-state index contributed by atoms with van der Waals surface area (Å²) >= 11 is 5.73. The number of nitrogens with one attached hydrogen (secondary N) is 1. The van der Waals surface area contributed by atoms with Crippen LogP contribution in [0.2, 0.25) is 0 Å². The Labute approximate surface area is 171 Å². The molecule has 4 heterocycles. The van der Waals surface area contributed by atoms with Crippen molar-refractivity contribution in [3.8, 4) is 0 Å². The molecule has 28 heavy (non-hydrogen) atoms. The normalized spacial score (nSPS) is 19.7. The molecular weight excluding hydrogens is 366 g/mol. The van der Waals surface area contributed by atoms with E-state index in [-0.39, 0.29) is 17.6 Å². The summed E-state index contributed by atoms with van der Waals surface area (Å²) in [5.41, 5.74) is 3.38. The van der Waals surface area contributed by atoms with E-state index in [4.69, 9.17) is 12.2 Å². The van der Waals surface area contributed by atoms with E-state index in [2.05, 4.69) is 76.1 Å². The van der Waals surface area contributed by atoms with Crippen molar-refractivity contribution in [1.29, 1.82) is 0 Å². The van der Waals surface area contributed by atoms with Crippen molar-refractivity contribution >= 4 is 17.3 Å². The quantitative estimate of drug-likeness (QED) is 0.675. The van der Waals surface area contributed by atoms with Gasteiger partial charge in [0.1, 0.15) is 0 Å². The second kappa shape index (κ2) is 7.36. The predicted octanol–water partition coefficient (Wildman–Crippen LogP) is 4.21.